The van der Waals surface area contributed by atoms with E-state index in [9.17, 15) is 9.59 Å². The maximum Gasteiger partial charge on any atom is 0.258 e. The minimum Gasteiger partial charge on any atom is -0.310 e. The number of hydrogen-bond donors (Lipinski definition) is 2. The number of fused-ring (bicyclic) bond motifs is 3. The molecule has 0 fully saturated rings. The predicted molar refractivity (Wildman–Crippen MR) is 75.1 cm³/mol. The Morgan fingerprint density at radius 2 is 2.00 bits per heavy atom. The van der Waals surface area contributed by atoms with Crippen molar-refractivity contribution in [3.8, 4) is 0 Å². The molecule has 2 aromatic heterocycles. The molecule has 21 heavy (non-hydrogen) atoms. The summed E-state index contributed by atoms with van der Waals surface area (Å²) in [6.07, 6.45) is 1.57. The molecular weight excluding hydrogens is 270 g/mol. The van der Waals surface area contributed by atoms with E-state index in [1.165, 1.54) is 10.8 Å². The number of carbonyl (C=O) groups excluding carboxylic acids is 1. The second-order valence-electron chi connectivity index (χ2n) is 4.93. The minimum absolute atomic E-state index is 0.140. The van der Waals surface area contributed by atoms with Gasteiger partial charge in [-0.1, -0.05) is 30.3 Å². The molecular formula is C14H11N5O2. The fourth-order valence-electron chi connectivity index (χ4n) is 2.76. The van der Waals surface area contributed by atoms with Crippen LogP contribution in [0.25, 0.3) is 5.78 Å². The molecule has 104 valence electrons. The zero-order valence-corrected chi connectivity index (χ0v) is 10.9. The summed E-state index contributed by atoms with van der Waals surface area (Å²) in [4.78, 5) is 31.0. The van der Waals surface area contributed by atoms with Crippen LogP contribution in [0.5, 0.6) is 0 Å². The molecule has 2 N–H and O–H groups in total. The summed E-state index contributed by atoms with van der Waals surface area (Å²) in [5, 5.41) is 6.79. The second-order valence-corrected chi connectivity index (χ2v) is 4.93. The van der Waals surface area contributed by atoms with Crippen LogP contribution in [-0.2, 0) is 4.79 Å². The predicted octanol–water partition coefficient (Wildman–Crippen LogP) is 0.892. The van der Waals surface area contributed by atoms with Crippen LogP contribution in [0.1, 0.15) is 23.5 Å². The number of benzene rings is 1. The molecule has 4 rings (SSSR count). The number of rotatable bonds is 1. The summed E-state index contributed by atoms with van der Waals surface area (Å²) in [6.45, 7) is 0. The molecule has 0 saturated heterocycles. The van der Waals surface area contributed by atoms with Crippen LogP contribution >= 0.6 is 0 Å². The van der Waals surface area contributed by atoms with Gasteiger partial charge in [0.25, 0.3) is 5.56 Å². The number of amides is 1. The molecule has 0 spiro atoms. The lowest BCUT2D eigenvalue weighted by Crippen LogP contribution is -2.32. The van der Waals surface area contributed by atoms with E-state index < -0.39 is 0 Å². The largest absolute Gasteiger partial charge is 0.310 e. The Kier molecular flexibility index (Phi) is 2.41. The number of aromatic amines is 1. The molecule has 1 unspecified atom stereocenters. The van der Waals surface area contributed by atoms with Crippen LogP contribution in [0, 0.1) is 0 Å². The van der Waals surface area contributed by atoms with Crippen molar-refractivity contribution >= 4 is 17.5 Å². The van der Waals surface area contributed by atoms with Crippen LogP contribution < -0.4 is 10.9 Å². The normalized spacial score (nSPS) is 17.5. The van der Waals surface area contributed by atoms with Crippen LogP contribution in [0.15, 0.2) is 41.5 Å². The monoisotopic (exact) mass is 281 g/mol. The van der Waals surface area contributed by atoms with Crippen LogP contribution in [0.3, 0.4) is 0 Å². The smallest absolute Gasteiger partial charge is 0.258 e. The van der Waals surface area contributed by atoms with Crippen molar-refractivity contribution in [3.05, 3.63) is 58.1 Å². The van der Waals surface area contributed by atoms with Crippen molar-refractivity contribution in [2.45, 2.75) is 12.3 Å². The number of nitrogens with zero attached hydrogens (tertiary/aromatic N) is 3. The molecule has 0 radical (unpaired) electrons. The van der Waals surface area contributed by atoms with Crippen molar-refractivity contribution in [3.63, 3.8) is 0 Å². The molecule has 0 bridgehead atoms. The lowest BCUT2D eigenvalue weighted by Gasteiger charge is -2.24. The standard InChI is InChI=1S/C14H11N5O2/c20-10-6-9(8-4-2-1-3-5-8)11-12(17-10)19-14(15-7-16-19)18-13(11)21/h1-5,7,9H,6H2,(H,17,20)(H,15,16,18,21). The van der Waals surface area contributed by atoms with Crippen LogP contribution in [0.2, 0.25) is 0 Å². The molecule has 1 atom stereocenters. The van der Waals surface area contributed by atoms with E-state index in [-0.39, 0.29) is 23.8 Å². The summed E-state index contributed by atoms with van der Waals surface area (Å²) in [5.74, 6) is 0.287. The Balaban J connectivity index is 2.03. The molecule has 3 heterocycles. The number of anilines is 1. The highest BCUT2D eigenvalue weighted by atomic mass is 16.2. The molecule has 0 aliphatic carbocycles. The van der Waals surface area contributed by atoms with Gasteiger partial charge in [0.1, 0.15) is 12.1 Å². The van der Waals surface area contributed by atoms with Crippen molar-refractivity contribution in [2.24, 2.45) is 0 Å². The van der Waals surface area contributed by atoms with Crippen molar-refractivity contribution in [1.29, 1.82) is 0 Å². The molecule has 7 nitrogen and oxygen atoms in total. The van der Waals surface area contributed by atoms with Crippen molar-refractivity contribution < 1.29 is 4.79 Å². The Morgan fingerprint density at radius 1 is 1.19 bits per heavy atom. The third-order valence-electron chi connectivity index (χ3n) is 3.68. The van der Waals surface area contributed by atoms with Gasteiger partial charge in [-0.2, -0.15) is 14.6 Å². The lowest BCUT2D eigenvalue weighted by molar-refractivity contribution is -0.116. The number of carbonyl (C=O) groups is 1. The van der Waals surface area contributed by atoms with Gasteiger partial charge >= 0.3 is 0 Å². The fourth-order valence-corrected chi connectivity index (χ4v) is 2.76. The highest BCUT2D eigenvalue weighted by molar-refractivity contribution is 5.94. The summed E-state index contributed by atoms with van der Waals surface area (Å²) in [7, 11) is 0. The SMILES string of the molecule is O=C1CC(c2ccccc2)c2c(n3ncnc3[nH]c2=O)N1. The van der Waals surface area contributed by atoms with Crippen LogP contribution in [0.4, 0.5) is 5.82 Å². The van der Waals surface area contributed by atoms with Crippen LogP contribution in [-0.4, -0.2) is 25.5 Å². The van der Waals surface area contributed by atoms with Crippen molar-refractivity contribution in [2.75, 3.05) is 5.32 Å². The molecule has 1 amide bonds. The van der Waals surface area contributed by atoms with Gasteiger partial charge in [0.2, 0.25) is 11.7 Å². The minimum atomic E-state index is -0.285. The Bertz CT molecular complexity index is 897. The average molecular weight is 281 g/mol. The summed E-state index contributed by atoms with van der Waals surface area (Å²) in [6, 6.07) is 9.52. The van der Waals surface area contributed by atoms with E-state index >= 15 is 0 Å². The van der Waals surface area contributed by atoms with Gasteiger partial charge in [0, 0.05) is 12.3 Å². The highest BCUT2D eigenvalue weighted by Gasteiger charge is 2.31. The molecule has 1 aliphatic rings. The number of H-pyrrole nitrogens is 1. The van der Waals surface area contributed by atoms with E-state index in [0.717, 1.165) is 5.56 Å². The molecule has 1 aliphatic heterocycles. The van der Waals surface area contributed by atoms with Crippen molar-refractivity contribution in [1.82, 2.24) is 19.6 Å². The van der Waals surface area contributed by atoms with E-state index in [2.05, 4.69) is 20.4 Å². The highest BCUT2D eigenvalue weighted by Crippen LogP contribution is 2.34. The summed E-state index contributed by atoms with van der Waals surface area (Å²) >= 11 is 0. The number of aromatic nitrogens is 4. The number of nitrogens with one attached hydrogen (secondary N) is 2. The van der Waals surface area contributed by atoms with Gasteiger partial charge in [-0.05, 0) is 5.56 Å². The topological polar surface area (TPSA) is 92.2 Å². The third kappa shape index (κ3) is 1.74. The average Bonchev–Trinajstić information content (AvgIpc) is 2.95. The van der Waals surface area contributed by atoms with Gasteiger partial charge < -0.3 is 5.32 Å². The first-order valence-corrected chi connectivity index (χ1v) is 6.55. The van der Waals surface area contributed by atoms with Gasteiger partial charge in [0.05, 0.1) is 5.56 Å². The Labute approximate surface area is 118 Å². The van der Waals surface area contributed by atoms with Gasteiger partial charge in [-0.15, -0.1) is 0 Å². The second kappa shape index (κ2) is 4.27. The first-order chi connectivity index (χ1) is 10.2. The quantitative estimate of drug-likeness (QED) is 0.693. The summed E-state index contributed by atoms with van der Waals surface area (Å²) in [5.41, 5.74) is 1.19. The molecule has 1 aromatic carbocycles. The zero-order chi connectivity index (χ0) is 14.4. The number of hydrogen-bond acceptors (Lipinski definition) is 4. The fraction of sp³-hybridized carbons (Fsp3) is 0.143. The Morgan fingerprint density at radius 3 is 2.81 bits per heavy atom. The maximum absolute atomic E-state index is 12.4. The van der Waals surface area contributed by atoms with E-state index in [1.54, 1.807) is 0 Å². The summed E-state index contributed by atoms with van der Waals surface area (Å²) < 4.78 is 1.45. The molecule has 0 saturated carbocycles. The van der Waals surface area contributed by atoms with E-state index in [4.69, 9.17) is 0 Å². The first kappa shape index (κ1) is 11.8. The molecule has 7 heteroatoms. The Hall–Kier alpha value is -2.96. The first-order valence-electron chi connectivity index (χ1n) is 6.55. The maximum atomic E-state index is 12.4. The zero-order valence-electron chi connectivity index (χ0n) is 10.9. The third-order valence-corrected chi connectivity index (χ3v) is 3.68. The molecule has 3 aromatic rings. The van der Waals surface area contributed by atoms with Gasteiger partial charge in [-0.3, -0.25) is 14.6 Å². The van der Waals surface area contributed by atoms with E-state index in [0.29, 0.717) is 17.2 Å². The van der Waals surface area contributed by atoms with Gasteiger partial charge in [-0.25, -0.2) is 0 Å². The van der Waals surface area contributed by atoms with Gasteiger partial charge in [0.15, 0.2) is 0 Å². The lowest BCUT2D eigenvalue weighted by atomic mass is 9.87. The van der Waals surface area contributed by atoms with E-state index in [1.807, 2.05) is 30.3 Å².